The van der Waals surface area contributed by atoms with Gasteiger partial charge in [-0.05, 0) is 18.8 Å². The number of halogens is 1. The highest BCUT2D eigenvalue weighted by Gasteiger charge is 2.32. The predicted molar refractivity (Wildman–Crippen MR) is 172 cm³/mol. The summed E-state index contributed by atoms with van der Waals surface area (Å²) in [7, 11) is 0. The molecule has 3 N–H and O–H groups in total. The van der Waals surface area contributed by atoms with Crippen LogP contribution in [0.4, 0.5) is 4.79 Å². The third-order valence-corrected chi connectivity index (χ3v) is 9.35. The minimum atomic E-state index is -0.814. The van der Waals surface area contributed by atoms with E-state index in [9.17, 15) is 9.59 Å². The van der Waals surface area contributed by atoms with Crippen LogP contribution in [0.1, 0.15) is 189 Å². The van der Waals surface area contributed by atoms with Crippen LogP contribution < -0.4 is 11.1 Å². The lowest BCUT2D eigenvalue weighted by Gasteiger charge is -2.21. The number of primary amides is 1. The summed E-state index contributed by atoms with van der Waals surface area (Å²) in [6, 6.07) is -0.814. The summed E-state index contributed by atoms with van der Waals surface area (Å²) in [6.07, 6.45) is 33.5. The molecule has 0 aliphatic carbocycles. The van der Waals surface area contributed by atoms with Gasteiger partial charge in [0.1, 0.15) is 4.32 Å². The summed E-state index contributed by atoms with van der Waals surface area (Å²) < 4.78 is -0.665. The fourth-order valence-corrected chi connectivity index (χ4v) is 4.99. The lowest BCUT2D eigenvalue weighted by molar-refractivity contribution is -0.122. The molecule has 1 unspecified atom stereocenters. The molecule has 0 aromatic carbocycles. The molecule has 0 fully saturated rings. The summed E-state index contributed by atoms with van der Waals surface area (Å²) in [5.41, 5.74) is 4.81. The molecule has 3 amide bonds. The van der Waals surface area contributed by atoms with Crippen LogP contribution in [0.5, 0.6) is 0 Å². The largest absolute Gasteiger partial charge is 0.351 e. The molecule has 0 aliphatic heterocycles. The Morgan fingerprint density at radius 1 is 0.605 bits per heavy atom. The van der Waals surface area contributed by atoms with Crippen molar-refractivity contribution in [1.82, 2.24) is 5.32 Å². The van der Waals surface area contributed by atoms with Crippen LogP contribution in [0.3, 0.4) is 0 Å². The van der Waals surface area contributed by atoms with Gasteiger partial charge in [-0.1, -0.05) is 192 Å². The maximum absolute atomic E-state index is 11.3. The molecule has 0 aromatic heterocycles. The van der Waals surface area contributed by atoms with Crippen molar-refractivity contribution < 1.29 is 9.59 Å². The zero-order chi connectivity index (χ0) is 28.9. The molecule has 0 saturated heterocycles. The average molecular weight is 604 g/mol. The highest BCUT2D eigenvalue weighted by atomic mass is 79.9. The van der Waals surface area contributed by atoms with Gasteiger partial charge in [-0.25, -0.2) is 4.79 Å². The van der Waals surface area contributed by atoms with Gasteiger partial charge < -0.3 is 5.73 Å². The van der Waals surface area contributed by atoms with E-state index in [0.29, 0.717) is 12.8 Å². The van der Waals surface area contributed by atoms with Crippen LogP contribution in [-0.2, 0) is 4.79 Å². The number of alkyl halides is 1. The van der Waals surface area contributed by atoms with Gasteiger partial charge >= 0.3 is 6.03 Å². The number of carbonyl (C=O) groups is 2. The van der Waals surface area contributed by atoms with E-state index in [1.54, 1.807) is 0 Å². The zero-order valence-electron chi connectivity index (χ0n) is 26.3. The van der Waals surface area contributed by atoms with Crippen LogP contribution in [-0.4, -0.2) is 16.3 Å². The van der Waals surface area contributed by atoms with Gasteiger partial charge in [-0.3, -0.25) is 10.1 Å². The van der Waals surface area contributed by atoms with Crippen molar-refractivity contribution in [3.8, 4) is 0 Å². The molecule has 0 aromatic rings. The minimum absolute atomic E-state index is 0.375. The topological polar surface area (TPSA) is 72.2 Å². The first-order valence-corrected chi connectivity index (χ1v) is 17.4. The van der Waals surface area contributed by atoms with E-state index in [1.165, 1.54) is 141 Å². The van der Waals surface area contributed by atoms with Crippen molar-refractivity contribution in [3.63, 3.8) is 0 Å². The van der Waals surface area contributed by atoms with Crippen molar-refractivity contribution in [3.05, 3.63) is 0 Å². The Hall–Kier alpha value is -0.580. The van der Waals surface area contributed by atoms with Gasteiger partial charge in [0.15, 0.2) is 0 Å². The summed E-state index contributed by atoms with van der Waals surface area (Å²) in [5.74, 6) is 0.594. The van der Waals surface area contributed by atoms with E-state index in [-0.39, 0.29) is 5.91 Å². The first kappa shape index (κ1) is 39.6. The molecule has 228 valence electrons. The number of urea groups is 1. The van der Waals surface area contributed by atoms with Crippen molar-refractivity contribution in [2.45, 2.75) is 193 Å². The molecule has 0 aliphatic rings. The number of hydrogen-bond donors (Lipinski definition) is 2. The summed E-state index contributed by atoms with van der Waals surface area (Å²) >= 11 is 3.26. The van der Waals surface area contributed by atoms with E-state index in [1.807, 2.05) is 19.2 Å². The minimum Gasteiger partial charge on any atom is -0.351 e. The van der Waals surface area contributed by atoms with Crippen molar-refractivity contribution in [2.75, 3.05) is 0 Å². The Morgan fingerprint density at radius 3 is 1.24 bits per heavy atom. The zero-order valence-corrected chi connectivity index (χ0v) is 27.9. The number of unbranched alkanes of at least 4 members (excludes halogenated alkanes) is 18. The standard InChI is InChI=1S/C26H54.C7H13BrN2O2/c1-4-6-8-9-10-11-12-13-14-15-16-17-18-19-20-21-22-23-25-26(3)24-7-5-2;1-3-7(8,4-2)5(11)10-6(9)12/h26H,4-25H2,1-3H3;3-4H2,1-2H3,(H3,9,10,11,12). The van der Waals surface area contributed by atoms with Crippen molar-refractivity contribution >= 4 is 27.9 Å². The molecule has 4 nitrogen and oxygen atoms in total. The first-order chi connectivity index (χ1) is 18.3. The van der Waals surface area contributed by atoms with Crippen LogP contribution in [0.15, 0.2) is 0 Å². The van der Waals surface area contributed by atoms with Gasteiger partial charge in [0.05, 0.1) is 0 Å². The number of carbonyl (C=O) groups excluding carboxylic acids is 2. The molecule has 38 heavy (non-hydrogen) atoms. The third kappa shape index (κ3) is 27.0. The molecular formula is C33H67BrN2O2. The van der Waals surface area contributed by atoms with Gasteiger partial charge in [0, 0.05) is 0 Å². The number of hydrogen-bond acceptors (Lipinski definition) is 2. The van der Waals surface area contributed by atoms with Gasteiger partial charge in [0.25, 0.3) is 0 Å². The summed E-state index contributed by atoms with van der Waals surface area (Å²) in [4.78, 5) is 21.6. The number of nitrogens with one attached hydrogen (secondary N) is 1. The fourth-order valence-electron chi connectivity index (χ4n) is 4.89. The van der Waals surface area contributed by atoms with E-state index in [4.69, 9.17) is 5.73 Å². The molecule has 0 bridgehead atoms. The Balaban J connectivity index is 0. The number of imide groups is 1. The first-order valence-electron chi connectivity index (χ1n) is 16.6. The predicted octanol–water partition coefficient (Wildman–Crippen LogP) is 11.4. The molecule has 1 atom stereocenters. The Morgan fingerprint density at radius 2 is 0.921 bits per heavy atom. The Bertz CT molecular complexity index is 523. The molecule has 0 radical (unpaired) electrons. The quantitative estimate of drug-likeness (QED) is 0.0805. The van der Waals surface area contributed by atoms with E-state index >= 15 is 0 Å². The Kier molecular flexibility index (Phi) is 30.6. The maximum Gasteiger partial charge on any atom is 0.318 e. The second-order valence-electron chi connectivity index (χ2n) is 11.5. The molecule has 5 heteroatoms. The van der Waals surface area contributed by atoms with Gasteiger partial charge in [0.2, 0.25) is 5.91 Å². The summed E-state index contributed by atoms with van der Waals surface area (Å²) in [5, 5.41) is 2.04. The molecule has 0 heterocycles. The van der Waals surface area contributed by atoms with Gasteiger partial charge in [-0.15, -0.1) is 0 Å². The van der Waals surface area contributed by atoms with Crippen LogP contribution in [0.25, 0.3) is 0 Å². The second-order valence-corrected chi connectivity index (χ2v) is 13.1. The SMILES string of the molecule is CCC(Br)(CC)C(=O)NC(N)=O.CCCCCCCCCCCCCCCCCCCCC(C)CCCC. The van der Waals surface area contributed by atoms with Gasteiger partial charge in [-0.2, -0.15) is 0 Å². The molecule has 0 saturated carbocycles. The molecule has 0 rings (SSSR count). The maximum atomic E-state index is 11.3. The highest BCUT2D eigenvalue weighted by Crippen LogP contribution is 2.26. The van der Waals surface area contributed by atoms with Crippen molar-refractivity contribution in [2.24, 2.45) is 11.7 Å². The molecule has 0 spiro atoms. The van der Waals surface area contributed by atoms with Crippen LogP contribution in [0.2, 0.25) is 0 Å². The monoisotopic (exact) mass is 602 g/mol. The number of nitrogens with two attached hydrogens (primary N) is 1. The van der Waals surface area contributed by atoms with Crippen molar-refractivity contribution in [1.29, 1.82) is 0 Å². The number of rotatable bonds is 25. The number of amides is 3. The summed E-state index contributed by atoms with van der Waals surface area (Å²) in [6.45, 7) is 10.8. The fraction of sp³-hybridized carbons (Fsp3) is 0.939. The Labute approximate surface area is 247 Å². The van der Waals surface area contributed by atoms with Crippen LogP contribution in [0, 0.1) is 5.92 Å². The lowest BCUT2D eigenvalue weighted by atomic mass is 9.97. The van der Waals surface area contributed by atoms with E-state index < -0.39 is 10.4 Å². The smallest absolute Gasteiger partial charge is 0.318 e. The van der Waals surface area contributed by atoms with E-state index in [0.717, 1.165) is 5.92 Å². The highest BCUT2D eigenvalue weighted by molar-refractivity contribution is 9.10. The van der Waals surface area contributed by atoms with E-state index in [2.05, 4.69) is 36.7 Å². The normalized spacial score (nSPS) is 12.1. The van der Waals surface area contributed by atoms with Crippen LogP contribution >= 0.6 is 15.9 Å². The second kappa shape index (κ2) is 29.4. The third-order valence-electron chi connectivity index (χ3n) is 7.87. The average Bonchev–Trinajstić information content (AvgIpc) is 2.90. The lowest BCUT2D eigenvalue weighted by Crippen LogP contribution is -2.46. The molecular weight excluding hydrogens is 536 g/mol.